The molecule has 2 aromatic rings. The largest absolute Gasteiger partial charge is 0.490 e. The zero-order valence-corrected chi connectivity index (χ0v) is 11.3. The Labute approximate surface area is 113 Å². The van der Waals surface area contributed by atoms with Crippen molar-refractivity contribution in [2.45, 2.75) is 27.0 Å². The molecule has 0 saturated carbocycles. The second kappa shape index (κ2) is 6.29. The minimum absolute atomic E-state index is 0.366. The van der Waals surface area contributed by atoms with Gasteiger partial charge in [-0.1, -0.05) is 12.1 Å². The number of ether oxygens (including phenoxy) is 2. The Morgan fingerprint density at radius 3 is 2.42 bits per heavy atom. The van der Waals surface area contributed by atoms with Gasteiger partial charge in [0.05, 0.1) is 13.2 Å². The summed E-state index contributed by atoms with van der Waals surface area (Å²) in [5.41, 5.74) is 6.64. The van der Waals surface area contributed by atoms with Gasteiger partial charge in [-0.2, -0.15) is 0 Å². The summed E-state index contributed by atoms with van der Waals surface area (Å²) in [5, 5.41) is 0. The first-order chi connectivity index (χ1) is 9.24. The molecule has 0 radical (unpaired) electrons. The van der Waals surface area contributed by atoms with Crippen LogP contribution in [0.4, 0.5) is 0 Å². The van der Waals surface area contributed by atoms with E-state index in [2.05, 4.69) is 0 Å². The molecule has 0 unspecified atom stereocenters. The van der Waals surface area contributed by atoms with Crippen LogP contribution in [0.5, 0.6) is 11.5 Å². The highest BCUT2D eigenvalue weighted by Gasteiger charge is 2.08. The van der Waals surface area contributed by atoms with E-state index >= 15 is 0 Å². The zero-order chi connectivity index (χ0) is 13.7. The third-order valence-electron chi connectivity index (χ3n) is 2.78. The second-order valence-corrected chi connectivity index (χ2v) is 4.19. The minimum Gasteiger partial charge on any atom is -0.490 e. The Morgan fingerprint density at radius 1 is 1.16 bits per heavy atom. The number of aryl methyl sites for hydroxylation is 1. The number of hydrogen-bond donors (Lipinski definition) is 1. The van der Waals surface area contributed by atoms with Crippen molar-refractivity contribution in [3.8, 4) is 11.5 Å². The van der Waals surface area contributed by atoms with Crippen LogP contribution < -0.4 is 15.2 Å². The van der Waals surface area contributed by atoms with Crippen LogP contribution in [0, 0.1) is 6.92 Å². The van der Waals surface area contributed by atoms with Crippen LogP contribution >= 0.6 is 0 Å². The van der Waals surface area contributed by atoms with Crippen LogP contribution in [0.25, 0.3) is 0 Å². The molecule has 0 amide bonds. The first-order valence-corrected chi connectivity index (χ1v) is 6.37. The molecular weight excluding hydrogens is 242 g/mol. The Kier molecular flexibility index (Phi) is 4.47. The molecule has 0 atom stereocenters. The fraction of sp³-hybridized carbons (Fsp3) is 0.333. The maximum absolute atomic E-state index is 5.73. The molecule has 2 N–H and O–H groups in total. The Balaban J connectivity index is 2.05. The molecule has 0 bridgehead atoms. The highest BCUT2D eigenvalue weighted by Crippen LogP contribution is 2.27. The molecule has 4 nitrogen and oxygen atoms in total. The van der Waals surface area contributed by atoms with Crippen molar-refractivity contribution in [3.05, 3.63) is 47.4 Å². The maximum Gasteiger partial charge on any atom is 0.161 e. The van der Waals surface area contributed by atoms with Crippen LogP contribution in [-0.4, -0.2) is 6.61 Å². The van der Waals surface area contributed by atoms with E-state index < -0.39 is 0 Å². The van der Waals surface area contributed by atoms with Crippen molar-refractivity contribution >= 4 is 0 Å². The van der Waals surface area contributed by atoms with E-state index in [1.807, 2.05) is 44.2 Å². The summed E-state index contributed by atoms with van der Waals surface area (Å²) < 4.78 is 16.8. The number of benzene rings is 1. The van der Waals surface area contributed by atoms with Gasteiger partial charge in [0.2, 0.25) is 0 Å². The summed E-state index contributed by atoms with van der Waals surface area (Å²) >= 11 is 0. The molecular formula is C15H19NO3. The third-order valence-corrected chi connectivity index (χ3v) is 2.78. The maximum atomic E-state index is 5.73. The Hall–Kier alpha value is -1.94. The average Bonchev–Trinajstić information content (AvgIpc) is 2.78. The first-order valence-electron chi connectivity index (χ1n) is 6.37. The van der Waals surface area contributed by atoms with E-state index in [4.69, 9.17) is 19.6 Å². The SMILES string of the molecule is CCOc1ccccc1OCc1cc(C)c(CN)o1. The van der Waals surface area contributed by atoms with E-state index in [9.17, 15) is 0 Å². The smallest absolute Gasteiger partial charge is 0.161 e. The number of para-hydroxylation sites is 2. The molecule has 1 heterocycles. The number of rotatable bonds is 6. The van der Waals surface area contributed by atoms with Crippen molar-refractivity contribution in [2.24, 2.45) is 5.73 Å². The molecule has 0 fully saturated rings. The number of hydrogen-bond acceptors (Lipinski definition) is 4. The molecule has 4 heteroatoms. The van der Waals surface area contributed by atoms with Gasteiger partial charge in [0.1, 0.15) is 18.1 Å². The fourth-order valence-electron chi connectivity index (χ4n) is 1.86. The molecule has 2 rings (SSSR count). The topological polar surface area (TPSA) is 57.6 Å². The number of furan rings is 1. The zero-order valence-electron chi connectivity index (χ0n) is 11.3. The van der Waals surface area contributed by atoms with E-state index in [0.717, 1.165) is 22.8 Å². The van der Waals surface area contributed by atoms with Crippen molar-refractivity contribution < 1.29 is 13.9 Å². The van der Waals surface area contributed by atoms with Gasteiger partial charge in [0.25, 0.3) is 0 Å². The highest BCUT2D eigenvalue weighted by atomic mass is 16.5. The van der Waals surface area contributed by atoms with Gasteiger partial charge in [-0.3, -0.25) is 0 Å². The first kappa shape index (κ1) is 13.5. The highest BCUT2D eigenvalue weighted by molar-refractivity contribution is 5.39. The Bertz CT molecular complexity index is 534. The lowest BCUT2D eigenvalue weighted by molar-refractivity contribution is 0.245. The van der Waals surface area contributed by atoms with Crippen LogP contribution in [0.15, 0.2) is 34.7 Å². The molecule has 0 aliphatic carbocycles. The molecule has 102 valence electrons. The summed E-state index contributed by atoms with van der Waals surface area (Å²) in [7, 11) is 0. The lowest BCUT2D eigenvalue weighted by Gasteiger charge is -2.10. The van der Waals surface area contributed by atoms with Gasteiger partial charge in [0.15, 0.2) is 11.5 Å². The predicted molar refractivity (Wildman–Crippen MR) is 73.3 cm³/mol. The van der Waals surface area contributed by atoms with Gasteiger partial charge in [-0.25, -0.2) is 0 Å². The predicted octanol–water partition coefficient (Wildman–Crippen LogP) is 3.02. The summed E-state index contributed by atoms with van der Waals surface area (Å²) in [6, 6.07) is 9.55. The van der Waals surface area contributed by atoms with Gasteiger partial charge >= 0.3 is 0 Å². The van der Waals surface area contributed by atoms with E-state index in [1.165, 1.54) is 0 Å². The van der Waals surface area contributed by atoms with Gasteiger partial charge in [0, 0.05) is 0 Å². The molecule has 1 aromatic carbocycles. The van der Waals surface area contributed by atoms with E-state index in [-0.39, 0.29) is 0 Å². The molecule has 0 saturated heterocycles. The van der Waals surface area contributed by atoms with Crippen molar-refractivity contribution in [3.63, 3.8) is 0 Å². The average molecular weight is 261 g/mol. The van der Waals surface area contributed by atoms with E-state index in [0.29, 0.717) is 25.5 Å². The molecule has 0 aliphatic rings. The van der Waals surface area contributed by atoms with Crippen molar-refractivity contribution in [2.75, 3.05) is 6.61 Å². The monoisotopic (exact) mass is 261 g/mol. The lowest BCUT2D eigenvalue weighted by atomic mass is 10.2. The summed E-state index contributed by atoms with van der Waals surface area (Å²) in [6.45, 7) is 5.30. The van der Waals surface area contributed by atoms with Gasteiger partial charge in [-0.15, -0.1) is 0 Å². The molecule has 0 aliphatic heterocycles. The normalized spacial score (nSPS) is 10.5. The van der Waals surface area contributed by atoms with Crippen molar-refractivity contribution in [1.82, 2.24) is 0 Å². The summed E-state index contributed by atoms with van der Waals surface area (Å²) in [5.74, 6) is 3.03. The lowest BCUT2D eigenvalue weighted by Crippen LogP contribution is -1.99. The molecule has 1 aromatic heterocycles. The number of nitrogens with two attached hydrogens (primary N) is 1. The summed E-state index contributed by atoms with van der Waals surface area (Å²) in [6.07, 6.45) is 0. The molecule has 0 spiro atoms. The second-order valence-electron chi connectivity index (χ2n) is 4.19. The van der Waals surface area contributed by atoms with Crippen LogP contribution in [0.1, 0.15) is 24.0 Å². The standard InChI is InChI=1S/C15H19NO3/c1-3-17-13-6-4-5-7-14(13)18-10-12-8-11(2)15(9-16)19-12/h4-8H,3,9-10,16H2,1-2H3. The van der Waals surface area contributed by atoms with Crippen LogP contribution in [0.2, 0.25) is 0 Å². The van der Waals surface area contributed by atoms with E-state index in [1.54, 1.807) is 0 Å². The van der Waals surface area contributed by atoms with Gasteiger partial charge in [-0.05, 0) is 37.6 Å². The quantitative estimate of drug-likeness (QED) is 0.868. The fourth-order valence-corrected chi connectivity index (χ4v) is 1.86. The van der Waals surface area contributed by atoms with Crippen LogP contribution in [-0.2, 0) is 13.2 Å². The Morgan fingerprint density at radius 2 is 1.84 bits per heavy atom. The molecule has 19 heavy (non-hydrogen) atoms. The third kappa shape index (κ3) is 3.29. The summed E-state index contributed by atoms with van der Waals surface area (Å²) in [4.78, 5) is 0. The van der Waals surface area contributed by atoms with Gasteiger partial charge < -0.3 is 19.6 Å². The minimum atomic E-state index is 0.366. The van der Waals surface area contributed by atoms with Crippen molar-refractivity contribution in [1.29, 1.82) is 0 Å². The van der Waals surface area contributed by atoms with Crippen LogP contribution in [0.3, 0.4) is 0 Å².